The first kappa shape index (κ1) is 14.9. The molecule has 2 aromatic rings. The van der Waals surface area contributed by atoms with Gasteiger partial charge in [-0.25, -0.2) is 4.98 Å². The second-order valence-corrected chi connectivity index (χ2v) is 5.91. The third-order valence-electron chi connectivity index (χ3n) is 4.25. The van der Waals surface area contributed by atoms with E-state index in [0.717, 1.165) is 31.0 Å². The van der Waals surface area contributed by atoms with Crippen molar-refractivity contribution < 1.29 is 0 Å². The van der Waals surface area contributed by atoms with Gasteiger partial charge in [0, 0.05) is 36.8 Å². The number of hydrogen-bond acceptors (Lipinski definition) is 4. The van der Waals surface area contributed by atoms with Gasteiger partial charge in [-0.2, -0.15) is 0 Å². The molecule has 0 bridgehead atoms. The molecule has 0 amide bonds. The van der Waals surface area contributed by atoms with Crippen LogP contribution in [0.15, 0.2) is 41.2 Å². The smallest absolute Gasteiger partial charge is 0.251 e. The largest absolute Gasteiger partial charge is 0.326 e. The molecule has 3 rings (SSSR count). The van der Waals surface area contributed by atoms with Crippen LogP contribution in [-0.4, -0.2) is 34.0 Å². The molecule has 5 nitrogen and oxygen atoms in total. The van der Waals surface area contributed by atoms with Gasteiger partial charge in [0.25, 0.3) is 5.56 Å². The normalized spacial score (nSPS) is 22.1. The lowest BCUT2D eigenvalue weighted by Gasteiger charge is -2.15. The molecule has 5 heteroatoms. The quantitative estimate of drug-likeness (QED) is 0.891. The number of nitrogens with zero attached hydrogens (tertiary/aromatic N) is 2. The van der Waals surface area contributed by atoms with Crippen LogP contribution in [-0.2, 0) is 13.0 Å². The molecule has 1 saturated heterocycles. The fourth-order valence-electron chi connectivity index (χ4n) is 3.13. The van der Waals surface area contributed by atoms with Crippen LogP contribution in [0.25, 0.3) is 0 Å². The summed E-state index contributed by atoms with van der Waals surface area (Å²) in [6, 6.07) is 12.1. The first-order chi connectivity index (χ1) is 10.7. The minimum atomic E-state index is -0.0787. The van der Waals surface area contributed by atoms with E-state index in [1.165, 1.54) is 5.56 Å². The van der Waals surface area contributed by atoms with E-state index in [-0.39, 0.29) is 11.6 Å². The third kappa shape index (κ3) is 3.26. The number of aryl methyl sites for hydroxylation is 1. The minimum Gasteiger partial charge on any atom is -0.326 e. The number of aromatic amines is 1. The molecule has 116 valence electrons. The number of nitrogens with two attached hydrogens (primary N) is 1. The van der Waals surface area contributed by atoms with Crippen molar-refractivity contribution in [2.24, 2.45) is 5.73 Å². The molecule has 2 heterocycles. The van der Waals surface area contributed by atoms with Crippen LogP contribution in [0.3, 0.4) is 0 Å². The van der Waals surface area contributed by atoms with Crippen LogP contribution in [0.4, 0.5) is 0 Å². The molecule has 1 aliphatic rings. The predicted octanol–water partition coefficient (Wildman–Crippen LogP) is 1.26. The molecule has 1 fully saturated rings. The Hall–Kier alpha value is -1.98. The fraction of sp³-hybridized carbons (Fsp3) is 0.412. The molecule has 3 N–H and O–H groups in total. The van der Waals surface area contributed by atoms with Crippen molar-refractivity contribution in [1.82, 2.24) is 14.9 Å². The van der Waals surface area contributed by atoms with Gasteiger partial charge in [0.2, 0.25) is 0 Å². The highest BCUT2D eigenvalue weighted by atomic mass is 16.1. The minimum absolute atomic E-state index is 0.0787. The van der Waals surface area contributed by atoms with E-state index in [1.807, 2.05) is 13.0 Å². The van der Waals surface area contributed by atoms with Crippen molar-refractivity contribution in [2.45, 2.75) is 31.8 Å². The van der Waals surface area contributed by atoms with Crippen molar-refractivity contribution in [3.8, 4) is 0 Å². The molecule has 22 heavy (non-hydrogen) atoms. The Labute approximate surface area is 130 Å². The second-order valence-electron chi connectivity index (χ2n) is 5.91. The van der Waals surface area contributed by atoms with E-state index in [9.17, 15) is 4.79 Å². The van der Waals surface area contributed by atoms with Gasteiger partial charge < -0.3 is 10.7 Å². The highest BCUT2D eigenvalue weighted by molar-refractivity contribution is 5.23. The van der Waals surface area contributed by atoms with Gasteiger partial charge in [0.15, 0.2) is 0 Å². The summed E-state index contributed by atoms with van der Waals surface area (Å²) in [7, 11) is 0. The fourth-order valence-corrected chi connectivity index (χ4v) is 3.13. The van der Waals surface area contributed by atoms with Crippen LogP contribution in [0.2, 0.25) is 0 Å². The van der Waals surface area contributed by atoms with E-state index in [2.05, 4.69) is 39.1 Å². The summed E-state index contributed by atoms with van der Waals surface area (Å²) >= 11 is 0. The average molecular weight is 298 g/mol. The summed E-state index contributed by atoms with van der Waals surface area (Å²) in [5.41, 5.74) is 8.34. The van der Waals surface area contributed by atoms with Crippen molar-refractivity contribution >= 4 is 0 Å². The molecular weight excluding hydrogens is 276 g/mol. The summed E-state index contributed by atoms with van der Waals surface area (Å²) < 4.78 is 0. The maximum atomic E-state index is 11.7. The molecule has 1 aromatic carbocycles. The summed E-state index contributed by atoms with van der Waals surface area (Å²) in [4.78, 5) is 21.2. The van der Waals surface area contributed by atoms with Crippen molar-refractivity contribution in [3.63, 3.8) is 0 Å². The van der Waals surface area contributed by atoms with Gasteiger partial charge in [-0.05, 0) is 12.0 Å². The van der Waals surface area contributed by atoms with Crippen molar-refractivity contribution in [3.05, 3.63) is 63.8 Å². The van der Waals surface area contributed by atoms with Gasteiger partial charge in [-0.1, -0.05) is 37.3 Å². The molecule has 1 aliphatic heterocycles. The molecule has 0 saturated carbocycles. The van der Waals surface area contributed by atoms with Crippen LogP contribution in [0, 0.1) is 0 Å². The van der Waals surface area contributed by atoms with Crippen molar-refractivity contribution in [2.75, 3.05) is 13.1 Å². The lowest BCUT2D eigenvalue weighted by molar-refractivity contribution is 0.314. The van der Waals surface area contributed by atoms with Crippen LogP contribution in [0.5, 0.6) is 0 Å². The maximum absolute atomic E-state index is 11.7. The molecular formula is C17H22N4O. The number of hydrogen-bond donors (Lipinski definition) is 2. The van der Waals surface area contributed by atoms with E-state index in [1.54, 1.807) is 6.07 Å². The SMILES string of the molecule is CCc1cc(=O)[nH]c(CN2C[C@@H](N)[C@H](c3ccccc3)C2)n1. The molecule has 0 radical (unpaired) electrons. The van der Waals surface area contributed by atoms with Crippen molar-refractivity contribution in [1.29, 1.82) is 0 Å². The summed E-state index contributed by atoms with van der Waals surface area (Å²) in [6.07, 6.45) is 0.767. The lowest BCUT2D eigenvalue weighted by atomic mass is 9.95. The number of rotatable bonds is 4. The number of nitrogens with one attached hydrogen (secondary N) is 1. The van der Waals surface area contributed by atoms with Crippen LogP contribution < -0.4 is 11.3 Å². The van der Waals surface area contributed by atoms with Gasteiger partial charge in [-0.3, -0.25) is 9.69 Å². The number of likely N-dealkylation sites (tertiary alicyclic amines) is 1. The number of H-pyrrole nitrogens is 1. The lowest BCUT2D eigenvalue weighted by Crippen LogP contribution is -2.29. The molecule has 0 spiro atoms. The molecule has 0 aliphatic carbocycles. The zero-order chi connectivity index (χ0) is 15.5. The summed E-state index contributed by atoms with van der Waals surface area (Å²) in [5.74, 6) is 1.06. The second kappa shape index (κ2) is 6.42. The Bertz CT molecular complexity index is 683. The standard InChI is InChI=1S/C17H22N4O/c1-2-13-8-17(22)20-16(19-13)11-21-9-14(15(18)10-21)12-6-4-3-5-7-12/h3-8,14-15H,2,9-11,18H2,1H3,(H,19,20,22)/t14-,15+/m0/s1. The Kier molecular flexibility index (Phi) is 4.36. The van der Waals surface area contributed by atoms with Gasteiger partial charge >= 0.3 is 0 Å². The predicted molar refractivity (Wildman–Crippen MR) is 86.7 cm³/mol. The van der Waals surface area contributed by atoms with Gasteiger partial charge in [0.05, 0.1) is 6.54 Å². The Morgan fingerprint density at radius 3 is 2.82 bits per heavy atom. The van der Waals surface area contributed by atoms with Crippen LogP contribution in [0.1, 0.15) is 29.9 Å². The van der Waals surface area contributed by atoms with E-state index < -0.39 is 0 Å². The van der Waals surface area contributed by atoms with E-state index in [0.29, 0.717) is 12.5 Å². The van der Waals surface area contributed by atoms with E-state index in [4.69, 9.17) is 5.73 Å². The topological polar surface area (TPSA) is 75.0 Å². The first-order valence-electron chi connectivity index (χ1n) is 7.77. The zero-order valence-corrected chi connectivity index (χ0v) is 12.8. The van der Waals surface area contributed by atoms with E-state index >= 15 is 0 Å². The number of aromatic nitrogens is 2. The van der Waals surface area contributed by atoms with Crippen LogP contribution >= 0.6 is 0 Å². The summed E-state index contributed by atoms with van der Waals surface area (Å²) in [5, 5.41) is 0. The Balaban J connectivity index is 1.73. The van der Waals surface area contributed by atoms with Gasteiger partial charge in [0.1, 0.15) is 5.82 Å². The Morgan fingerprint density at radius 2 is 2.09 bits per heavy atom. The zero-order valence-electron chi connectivity index (χ0n) is 12.8. The molecule has 2 atom stereocenters. The monoisotopic (exact) mass is 298 g/mol. The first-order valence-corrected chi connectivity index (χ1v) is 7.77. The Morgan fingerprint density at radius 1 is 1.32 bits per heavy atom. The maximum Gasteiger partial charge on any atom is 0.251 e. The molecule has 0 unspecified atom stereocenters. The average Bonchev–Trinajstić information content (AvgIpc) is 2.88. The highest BCUT2D eigenvalue weighted by Crippen LogP contribution is 2.26. The van der Waals surface area contributed by atoms with Gasteiger partial charge in [-0.15, -0.1) is 0 Å². The molecule has 1 aromatic heterocycles. The number of benzene rings is 1. The highest BCUT2D eigenvalue weighted by Gasteiger charge is 2.31. The summed E-state index contributed by atoms with van der Waals surface area (Å²) in [6.45, 7) is 4.35. The third-order valence-corrected chi connectivity index (χ3v) is 4.25.